The summed E-state index contributed by atoms with van der Waals surface area (Å²) >= 11 is 0. The highest BCUT2D eigenvalue weighted by Crippen LogP contribution is 2.12. The molecule has 144 valence electrons. The zero-order valence-electron chi connectivity index (χ0n) is 14.9. The Morgan fingerprint density at radius 1 is 0.750 bits per heavy atom. The van der Waals surface area contributed by atoms with Crippen molar-refractivity contribution in [2.45, 2.75) is 18.8 Å². The lowest BCUT2D eigenvalue weighted by atomic mass is 10.4. The number of ether oxygens (including phenoxy) is 8. The van der Waals surface area contributed by atoms with Crippen LogP contribution in [0.5, 0.6) is 0 Å². The molecule has 0 spiro atoms. The van der Waals surface area contributed by atoms with Crippen LogP contribution in [0.3, 0.4) is 0 Å². The number of epoxide rings is 1. The second-order valence-corrected chi connectivity index (χ2v) is 5.20. The Labute approximate surface area is 144 Å². The van der Waals surface area contributed by atoms with Crippen molar-refractivity contribution in [3.05, 3.63) is 0 Å². The van der Waals surface area contributed by atoms with Crippen molar-refractivity contribution in [2.24, 2.45) is 0 Å². The van der Waals surface area contributed by atoms with Gasteiger partial charge in [0.15, 0.2) is 6.29 Å². The second-order valence-electron chi connectivity index (χ2n) is 5.20. The van der Waals surface area contributed by atoms with E-state index in [-0.39, 0.29) is 12.4 Å². The van der Waals surface area contributed by atoms with Crippen molar-refractivity contribution in [2.75, 3.05) is 86.9 Å². The summed E-state index contributed by atoms with van der Waals surface area (Å²) in [5.41, 5.74) is 0. The number of hydrogen-bond acceptors (Lipinski definition) is 8. The Kier molecular flexibility index (Phi) is 14.6. The van der Waals surface area contributed by atoms with E-state index in [0.29, 0.717) is 72.5 Å². The minimum atomic E-state index is -0.311. The maximum Gasteiger partial charge on any atom is 0.160 e. The second kappa shape index (κ2) is 16.2. The molecule has 1 rings (SSSR count). The Morgan fingerprint density at radius 2 is 1.29 bits per heavy atom. The molecule has 2 atom stereocenters. The summed E-state index contributed by atoms with van der Waals surface area (Å²) in [5.74, 6) is 0. The SMILES string of the molecule is COCCOCCOCCC(OCCOCCOC)OCC1CO1. The summed E-state index contributed by atoms with van der Waals surface area (Å²) in [6.45, 7) is 6.27. The summed E-state index contributed by atoms with van der Waals surface area (Å²) in [6, 6.07) is 0. The van der Waals surface area contributed by atoms with E-state index in [2.05, 4.69) is 0 Å². The van der Waals surface area contributed by atoms with Crippen LogP contribution in [0.2, 0.25) is 0 Å². The van der Waals surface area contributed by atoms with Crippen LogP contribution in [0, 0.1) is 0 Å². The lowest BCUT2D eigenvalue weighted by Gasteiger charge is -2.18. The smallest absolute Gasteiger partial charge is 0.160 e. The van der Waals surface area contributed by atoms with Crippen LogP contribution in [0.1, 0.15) is 6.42 Å². The molecule has 1 aliphatic rings. The van der Waals surface area contributed by atoms with Gasteiger partial charge in [-0.05, 0) is 0 Å². The summed E-state index contributed by atoms with van der Waals surface area (Å²) in [5, 5.41) is 0. The van der Waals surface area contributed by atoms with E-state index in [1.165, 1.54) is 0 Å². The average Bonchev–Trinajstić information content (AvgIpc) is 3.41. The lowest BCUT2D eigenvalue weighted by molar-refractivity contribution is -0.163. The Morgan fingerprint density at radius 3 is 1.88 bits per heavy atom. The van der Waals surface area contributed by atoms with Gasteiger partial charge in [0.05, 0.1) is 72.7 Å². The van der Waals surface area contributed by atoms with Crippen LogP contribution in [-0.4, -0.2) is 99.3 Å². The van der Waals surface area contributed by atoms with Gasteiger partial charge in [-0.25, -0.2) is 0 Å². The van der Waals surface area contributed by atoms with Gasteiger partial charge >= 0.3 is 0 Å². The maximum atomic E-state index is 5.70. The van der Waals surface area contributed by atoms with Gasteiger partial charge in [0.1, 0.15) is 6.10 Å². The molecular formula is C16H32O8. The molecule has 0 aliphatic carbocycles. The molecule has 0 bridgehead atoms. The largest absolute Gasteiger partial charge is 0.382 e. The highest BCUT2D eigenvalue weighted by atomic mass is 16.7. The maximum absolute atomic E-state index is 5.70. The predicted octanol–water partition coefficient (Wildman–Crippen LogP) is 0.477. The summed E-state index contributed by atoms with van der Waals surface area (Å²) in [4.78, 5) is 0. The van der Waals surface area contributed by atoms with E-state index in [0.717, 1.165) is 6.61 Å². The quantitative estimate of drug-likeness (QED) is 0.189. The molecule has 0 aromatic carbocycles. The van der Waals surface area contributed by atoms with Crippen LogP contribution in [0.25, 0.3) is 0 Å². The molecule has 2 unspecified atom stereocenters. The van der Waals surface area contributed by atoms with Gasteiger partial charge in [-0.2, -0.15) is 0 Å². The molecule has 0 N–H and O–H groups in total. The third kappa shape index (κ3) is 14.1. The van der Waals surface area contributed by atoms with Gasteiger partial charge in [-0.3, -0.25) is 0 Å². The number of methoxy groups -OCH3 is 2. The van der Waals surface area contributed by atoms with E-state index in [9.17, 15) is 0 Å². The fourth-order valence-corrected chi connectivity index (χ4v) is 1.72. The number of hydrogen-bond donors (Lipinski definition) is 0. The van der Waals surface area contributed by atoms with Gasteiger partial charge in [0.2, 0.25) is 0 Å². The summed E-state index contributed by atoms with van der Waals surface area (Å²) in [6.07, 6.45) is 0.557. The van der Waals surface area contributed by atoms with E-state index in [4.69, 9.17) is 37.9 Å². The minimum absolute atomic E-state index is 0.212. The van der Waals surface area contributed by atoms with Crippen molar-refractivity contribution < 1.29 is 37.9 Å². The zero-order chi connectivity index (χ0) is 17.3. The monoisotopic (exact) mass is 352 g/mol. The van der Waals surface area contributed by atoms with Gasteiger partial charge in [0.25, 0.3) is 0 Å². The van der Waals surface area contributed by atoms with Crippen molar-refractivity contribution in [3.63, 3.8) is 0 Å². The molecule has 1 heterocycles. The van der Waals surface area contributed by atoms with Crippen molar-refractivity contribution in [1.29, 1.82) is 0 Å². The normalized spacial score (nSPS) is 18.0. The molecule has 0 saturated carbocycles. The topological polar surface area (TPSA) is 77.1 Å². The predicted molar refractivity (Wildman–Crippen MR) is 86.3 cm³/mol. The van der Waals surface area contributed by atoms with Crippen LogP contribution in [-0.2, 0) is 37.9 Å². The molecule has 0 radical (unpaired) electrons. The molecular weight excluding hydrogens is 320 g/mol. The summed E-state index contributed by atoms with van der Waals surface area (Å²) in [7, 11) is 3.29. The first-order valence-corrected chi connectivity index (χ1v) is 8.42. The average molecular weight is 352 g/mol. The molecule has 0 amide bonds. The molecule has 8 heteroatoms. The van der Waals surface area contributed by atoms with Crippen LogP contribution in [0.4, 0.5) is 0 Å². The van der Waals surface area contributed by atoms with Gasteiger partial charge in [-0.15, -0.1) is 0 Å². The van der Waals surface area contributed by atoms with Crippen LogP contribution in [0.15, 0.2) is 0 Å². The van der Waals surface area contributed by atoms with Gasteiger partial charge < -0.3 is 37.9 Å². The molecule has 8 nitrogen and oxygen atoms in total. The van der Waals surface area contributed by atoms with Crippen LogP contribution < -0.4 is 0 Å². The molecule has 0 aromatic heterocycles. The molecule has 24 heavy (non-hydrogen) atoms. The van der Waals surface area contributed by atoms with E-state index >= 15 is 0 Å². The highest BCUT2D eigenvalue weighted by molar-refractivity contribution is 4.67. The fourth-order valence-electron chi connectivity index (χ4n) is 1.72. The summed E-state index contributed by atoms with van der Waals surface area (Å²) < 4.78 is 42.5. The Balaban J connectivity index is 1.98. The van der Waals surface area contributed by atoms with Crippen LogP contribution >= 0.6 is 0 Å². The van der Waals surface area contributed by atoms with Gasteiger partial charge in [-0.1, -0.05) is 0 Å². The third-order valence-electron chi connectivity index (χ3n) is 3.14. The van der Waals surface area contributed by atoms with Gasteiger partial charge in [0, 0.05) is 20.6 Å². The van der Waals surface area contributed by atoms with Crippen molar-refractivity contribution in [3.8, 4) is 0 Å². The van der Waals surface area contributed by atoms with Crippen molar-refractivity contribution in [1.82, 2.24) is 0 Å². The van der Waals surface area contributed by atoms with E-state index < -0.39 is 0 Å². The van der Waals surface area contributed by atoms with E-state index in [1.807, 2.05) is 0 Å². The third-order valence-corrected chi connectivity index (χ3v) is 3.14. The lowest BCUT2D eigenvalue weighted by Crippen LogP contribution is -2.24. The number of rotatable bonds is 19. The molecule has 1 fully saturated rings. The minimum Gasteiger partial charge on any atom is -0.382 e. The highest BCUT2D eigenvalue weighted by Gasteiger charge is 2.24. The standard InChI is InChI=1S/C16H32O8/c1-17-5-7-20-10-9-19-4-3-16(24-14-15-13-23-15)22-12-11-21-8-6-18-2/h15-16H,3-14H2,1-2H3. The molecule has 0 aromatic rings. The first kappa shape index (κ1) is 21.7. The first-order valence-electron chi connectivity index (χ1n) is 8.42. The van der Waals surface area contributed by atoms with E-state index in [1.54, 1.807) is 14.2 Å². The molecule has 1 saturated heterocycles. The fraction of sp³-hybridized carbons (Fsp3) is 1.00. The van der Waals surface area contributed by atoms with Crippen molar-refractivity contribution >= 4 is 0 Å². The molecule has 1 aliphatic heterocycles. The Hall–Kier alpha value is -0.320. The zero-order valence-corrected chi connectivity index (χ0v) is 14.9. The first-order chi connectivity index (χ1) is 11.9. The Bertz CT molecular complexity index is 262.